The van der Waals surface area contributed by atoms with Crippen molar-refractivity contribution in [3.8, 4) is 0 Å². The molecule has 0 bridgehead atoms. The fourth-order valence-corrected chi connectivity index (χ4v) is 4.13. The van der Waals surface area contributed by atoms with Crippen LogP contribution in [0.15, 0.2) is 53.3 Å². The summed E-state index contributed by atoms with van der Waals surface area (Å²) in [7, 11) is 0. The van der Waals surface area contributed by atoms with Gasteiger partial charge in [-0.25, -0.2) is 0 Å². The quantitative estimate of drug-likeness (QED) is 0.509. The zero-order valence-corrected chi connectivity index (χ0v) is 16.5. The third kappa shape index (κ3) is 3.38. The molecule has 0 aliphatic carbocycles. The first-order valence-corrected chi connectivity index (χ1v) is 10.00. The molecule has 3 heterocycles. The lowest BCUT2D eigenvalue weighted by atomic mass is 9.96. The predicted molar refractivity (Wildman–Crippen MR) is 113 cm³/mol. The SMILES string of the molecule is CCCC(C)N1CC=C(c2cn(N)c3ccc(C(=O)c4ccco4)cc23)CC1. The summed E-state index contributed by atoms with van der Waals surface area (Å²) in [5, 5.41) is 1.02. The normalized spacial score (nSPS) is 16.3. The van der Waals surface area contributed by atoms with E-state index in [1.807, 2.05) is 24.4 Å². The lowest BCUT2D eigenvalue weighted by Gasteiger charge is -2.31. The maximum Gasteiger partial charge on any atom is 0.228 e. The maximum absolute atomic E-state index is 12.7. The molecule has 2 N–H and O–H groups in total. The summed E-state index contributed by atoms with van der Waals surface area (Å²) in [5.74, 6) is 6.44. The molecule has 28 heavy (non-hydrogen) atoms. The van der Waals surface area contributed by atoms with Gasteiger partial charge >= 0.3 is 0 Å². The molecule has 1 aliphatic heterocycles. The molecule has 1 aliphatic rings. The highest BCUT2D eigenvalue weighted by molar-refractivity contribution is 6.09. The van der Waals surface area contributed by atoms with E-state index < -0.39 is 0 Å². The second kappa shape index (κ2) is 7.68. The van der Waals surface area contributed by atoms with Gasteiger partial charge in [0.2, 0.25) is 5.78 Å². The van der Waals surface area contributed by atoms with E-state index >= 15 is 0 Å². The van der Waals surface area contributed by atoms with Gasteiger partial charge in [0.25, 0.3) is 0 Å². The number of carbonyl (C=O) groups is 1. The Kier molecular flexibility index (Phi) is 5.09. The highest BCUT2D eigenvalue weighted by Gasteiger charge is 2.21. The third-order valence-corrected chi connectivity index (χ3v) is 5.76. The van der Waals surface area contributed by atoms with Gasteiger partial charge in [0.05, 0.1) is 11.8 Å². The Bertz CT molecular complexity index is 1010. The van der Waals surface area contributed by atoms with Crippen LogP contribution in [0.1, 0.15) is 54.8 Å². The number of benzene rings is 1. The summed E-state index contributed by atoms with van der Waals surface area (Å²) < 4.78 is 6.92. The average Bonchev–Trinajstić information content (AvgIpc) is 3.36. The molecule has 5 nitrogen and oxygen atoms in total. The average molecular weight is 377 g/mol. The molecule has 1 unspecified atom stereocenters. The number of aromatic nitrogens is 1. The summed E-state index contributed by atoms with van der Waals surface area (Å²) in [6.07, 6.45) is 9.23. The number of hydrogen-bond donors (Lipinski definition) is 1. The van der Waals surface area contributed by atoms with Crippen molar-refractivity contribution in [2.24, 2.45) is 0 Å². The molecular weight excluding hydrogens is 350 g/mol. The van der Waals surface area contributed by atoms with Gasteiger partial charge in [0.1, 0.15) is 0 Å². The number of hydrogen-bond acceptors (Lipinski definition) is 4. The number of furan rings is 1. The van der Waals surface area contributed by atoms with Gasteiger partial charge in [-0.2, -0.15) is 0 Å². The second-order valence-electron chi connectivity index (χ2n) is 7.60. The van der Waals surface area contributed by atoms with Crippen LogP contribution in [0.5, 0.6) is 0 Å². The van der Waals surface area contributed by atoms with E-state index in [0.29, 0.717) is 17.4 Å². The summed E-state index contributed by atoms with van der Waals surface area (Å²) in [4.78, 5) is 15.2. The van der Waals surface area contributed by atoms with Crippen LogP contribution in [0.3, 0.4) is 0 Å². The van der Waals surface area contributed by atoms with Crippen LogP contribution in [0.4, 0.5) is 0 Å². The van der Waals surface area contributed by atoms with Gasteiger partial charge in [0.15, 0.2) is 5.76 Å². The van der Waals surface area contributed by atoms with E-state index in [9.17, 15) is 4.79 Å². The van der Waals surface area contributed by atoms with E-state index in [-0.39, 0.29) is 5.78 Å². The largest absolute Gasteiger partial charge is 0.461 e. The highest BCUT2D eigenvalue weighted by Crippen LogP contribution is 2.32. The van der Waals surface area contributed by atoms with Gasteiger partial charge in [-0.1, -0.05) is 19.4 Å². The number of rotatable bonds is 6. The van der Waals surface area contributed by atoms with Crippen molar-refractivity contribution in [2.45, 2.75) is 39.2 Å². The molecule has 0 fully saturated rings. The van der Waals surface area contributed by atoms with E-state index in [2.05, 4.69) is 24.8 Å². The van der Waals surface area contributed by atoms with Crippen molar-refractivity contribution in [3.63, 3.8) is 0 Å². The lowest BCUT2D eigenvalue weighted by Crippen LogP contribution is -2.36. The Morgan fingerprint density at radius 3 is 2.86 bits per heavy atom. The molecule has 1 atom stereocenters. The highest BCUT2D eigenvalue weighted by atomic mass is 16.3. The van der Waals surface area contributed by atoms with Crippen molar-refractivity contribution in [1.82, 2.24) is 9.58 Å². The van der Waals surface area contributed by atoms with Crippen LogP contribution < -0.4 is 5.84 Å². The van der Waals surface area contributed by atoms with Gasteiger partial charge in [-0.15, -0.1) is 0 Å². The molecule has 2 aromatic heterocycles. The standard InChI is InChI=1S/C23H27N3O2/c1-3-5-16(2)25-11-9-17(10-12-25)20-15-26(24)21-8-7-18(14-19(20)21)23(27)22-6-4-13-28-22/h4,6-9,13-16H,3,5,10-12,24H2,1-2H3. The van der Waals surface area contributed by atoms with Crippen LogP contribution >= 0.6 is 0 Å². The Balaban J connectivity index is 1.66. The molecular formula is C23H27N3O2. The Morgan fingerprint density at radius 1 is 1.32 bits per heavy atom. The number of nitrogen functional groups attached to an aromatic ring is 1. The summed E-state index contributed by atoms with van der Waals surface area (Å²) in [6.45, 7) is 6.55. The van der Waals surface area contributed by atoms with Crippen LogP contribution in [-0.4, -0.2) is 34.5 Å². The van der Waals surface area contributed by atoms with E-state index in [1.54, 1.807) is 16.8 Å². The zero-order valence-electron chi connectivity index (χ0n) is 16.5. The molecule has 5 heteroatoms. The molecule has 4 rings (SSSR count). The van der Waals surface area contributed by atoms with Crippen molar-refractivity contribution < 1.29 is 9.21 Å². The first-order valence-electron chi connectivity index (χ1n) is 10.00. The molecule has 0 saturated carbocycles. The third-order valence-electron chi connectivity index (χ3n) is 5.76. The van der Waals surface area contributed by atoms with Crippen molar-refractivity contribution >= 4 is 22.3 Å². The van der Waals surface area contributed by atoms with Gasteiger partial charge < -0.3 is 10.3 Å². The minimum Gasteiger partial charge on any atom is -0.461 e. The number of nitrogens with two attached hydrogens (primary N) is 1. The van der Waals surface area contributed by atoms with Crippen molar-refractivity contribution in [3.05, 3.63) is 65.8 Å². The maximum atomic E-state index is 12.7. The van der Waals surface area contributed by atoms with Crippen molar-refractivity contribution in [2.75, 3.05) is 18.9 Å². The Morgan fingerprint density at radius 2 is 2.18 bits per heavy atom. The summed E-state index contributed by atoms with van der Waals surface area (Å²) >= 11 is 0. The molecule has 0 radical (unpaired) electrons. The summed E-state index contributed by atoms with van der Waals surface area (Å²) in [6, 6.07) is 9.68. The van der Waals surface area contributed by atoms with Crippen LogP contribution in [-0.2, 0) is 0 Å². The number of carbonyl (C=O) groups excluding carboxylic acids is 1. The van der Waals surface area contributed by atoms with Gasteiger partial charge in [0, 0.05) is 41.8 Å². The molecule has 0 saturated heterocycles. The van der Waals surface area contributed by atoms with E-state index in [4.69, 9.17) is 10.3 Å². The monoisotopic (exact) mass is 377 g/mol. The van der Waals surface area contributed by atoms with Gasteiger partial charge in [-0.3, -0.25) is 14.4 Å². The Hall–Kier alpha value is -2.79. The van der Waals surface area contributed by atoms with Crippen LogP contribution in [0.2, 0.25) is 0 Å². The first-order chi connectivity index (χ1) is 13.6. The minimum absolute atomic E-state index is 0.111. The first kappa shape index (κ1) is 18.6. The topological polar surface area (TPSA) is 64.4 Å². The van der Waals surface area contributed by atoms with Gasteiger partial charge in [-0.05, 0) is 55.7 Å². The minimum atomic E-state index is -0.111. The number of ketones is 1. The fraction of sp³-hybridized carbons (Fsp3) is 0.348. The molecule has 146 valence electrons. The predicted octanol–water partition coefficient (Wildman–Crippen LogP) is 4.46. The van der Waals surface area contributed by atoms with Crippen LogP contribution in [0.25, 0.3) is 16.5 Å². The summed E-state index contributed by atoms with van der Waals surface area (Å²) in [5.41, 5.74) is 3.96. The lowest BCUT2D eigenvalue weighted by molar-refractivity contribution is 0.101. The van der Waals surface area contributed by atoms with E-state index in [0.717, 1.165) is 36.0 Å². The fourth-order valence-electron chi connectivity index (χ4n) is 4.13. The molecule has 3 aromatic rings. The zero-order chi connectivity index (χ0) is 19.7. The number of fused-ring (bicyclic) bond motifs is 1. The molecule has 0 amide bonds. The molecule has 1 aromatic carbocycles. The van der Waals surface area contributed by atoms with Crippen LogP contribution in [0, 0.1) is 0 Å². The smallest absolute Gasteiger partial charge is 0.228 e. The molecule has 0 spiro atoms. The van der Waals surface area contributed by atoms with Crippen molar-refractivity contribution in [1.29, 1.82) is 0 Å². The number of nitrogens with zero attached hydrogens (tertiary/aromatic N) is 2. The van der Waals surface area contributed by atoms with E-state index in [1.165, 1.54) is 24.7 Å². The Labute approximate surface area is 165 Å². The second-order valence-corrected chi connectivity index (χ2v) is 7.60.